The van der Waals surface area contributed by atoms with E-state index in [1.807, 2.05) is 9.80 Å². The molecule has 0 spiro atoms. The van der Waals surface area contributed by atoms with Gasteiger partial charge in [-0.3, -0.25) is 9.59 Å². The monoisotopic (exact) mass is 526 g/mol. The van der Waals surface area contributed by atoms with Crippen molar-refractivity contribution in [1.82, 2.24) is 9.80 Å². The lowest BCUT2D eigenvalue weighted by Gasteiger charge is -2.61. The highest BCUT2D eigenvalue weighted by Gasteiger charge is 2.60. The summed E-state index contributed by atoms with van der Waals surface area (Å²) >= 11 is 0. The second-order valence-electron chi connectivity index (χ2n) is 15.3. The summed E-state index contributed by atoms with van der Waals surface area (Å²) in [5, 5.41) is 10.3. The van der Waals surface area contributed by atoms with Crippen molar-refractivity contribution in [2.24, 2.45) is 52.3 Å². The quantitative estimate of drug-likeness (QED) is 0.486. The second kappa shape index (κ2) is 10.1. The zero-order valence-corrected chi connectivity index (χ0v) is 24.7. The van der Waals surface area contributed by atoms with Gasteiger partial charge in [-0.1, -0.05) is 20.8 Å². The van der Waals surface area contributed by atoms with Gasteiger partial charge in [0.05, 0.1) is 6.10 Å². The number of piperazine rings is 1. The van der Waals surface area contributed by atoms with Gasteiger partial charge in [-0.05, 0) is 130 Å². The smallest absolute Gasteiger partial charge is 0.226 e. The van der Waals surface area contributed by atoms with Gasteiger partial charge in [0.25, 0.3) is 0 Å². The van der Waals surface area contributed by atoms with Gasteiger partial charge >= 0.3 is 0 Å². The van der Waals surface area contributed by atoms with E-state index in [4.69, 9.17) is 0 Å². The van der Waals surface area contributed by atoms with Crippen LogP contribution < -0.4 is 0 Å². The van der Waals surface area contributed by atoms with Crippen molar-refractivity contribution in [2.45, 2.75) is 123 Å². The van der Waals surface area contributed by atoms with E-state index < -0.39 is 0 Å². The SMILES string of the molecule is CC(CCC(=O)N1CCN(C(=O)C2CC2)[C@@H](C)C1)[C@H]1CC[C@H]2[C@@H]3CC[C@H]4C[C@@H](O)CC[C@]4(C)[C@H]3CC[C@]12C. The molecule has 1 aliphatic heterocycles. The van der Waals surface area contributed by atoms with E-state index in [-0.39, 0.29) is 18.1 Å². The molecule has 1 heterocycles. The molecule has 6 fully saturated rings. The Balaban J connectivity index is 1.04. The Bertz CT molecular complexity index is 918. The average Bonchev–Trinajstić information content (AvgIpc) is 3.68. The fraction of sp³-hybridized carbons (Fsp3) is 0.939. The molecule has 0 radical (unpaired) electrons. The number of amides is 2. The van der Waals surface area contributed by atoms with Crippen molar-refractivity contribution in [3.8, 4) is 0 Å². The molecule has 0 aromatic rings. The molecule has 0 aromatic carbocycles. The number of aliphatic hydroxyl groups is 1. The van der Waals surface area contributed by atoms with Crippen LogP contribution >= 0.6 is 0 Å². The lowest BCUT2D eigenvalue weighted by molar-refractivity contribution is -0.143. The summed E-state index contributed by atoms with van der Waals surface area (Å²) in [5.41, 5.74) is 0.883. The van der Waals surface area contributed by atoms with E-state index in [1.165, 1.54) is 44.9 Å². The van der Waals surface area contributed by atoms with Crippen LogP contribution in [0.1, 0.15) is 111 Å². The molecule has 6 aliphatic rings. The molecule has 6 rings (SSSR count). The van der Waals surface area contributed by atoms with Gasteiger partial charge in [-0.2, -0.15) is 0 Å². The van der Waals surface area contributed by atoms with Crippen LogP contribution in [0.15, 0.2) is 0 Å². The van der Waals surface area contributed by atoms with Crippen LogP contribution in [0, 0.1) is 52.3 Å². The number of nitrogens with zero attached hydrogens (tertiary/aromatic N) is 2. The molecule has 38 heavy (non-hydrogen) atoms. The maximum Gasteiger partial charge on any atom is 0.226 e. The first-order chi connectivity index (χ1) is 18.1. The van der Waals surface area contributed by atoms with Gasteiger partial charge in [0.1, 0.15) is 0 Å². The molecule has 5 aliphatic carbocycles. The first kappa shape index (κ1) is 27.1. The second-order valence-corrected chi connectivity index (χ2v) is 15.3. The number of carbonyl (C=O) groups excluding carboxylic acids is 2. The van der Waals surface area contributed by atoms with Crippen LogP contribution in [0.2, 0.25) is 0 Å². The normalized spacial score (nSPS) is 45.7. The predicted molar refractivity (Wildman–Crippen MR) is 150 cm³/mol. The maximum atomic E-state index is 13.2. The highest BCUT2D eigenvalue weighted by Crippen LogP contribution is 2.68. The first-order valence-electron chi connectivity index (χ1n) is 16.4. The number of aliphatic hydroxyl groups excluding tert-OH is 1. The Kier molecular flexibility index (Phi) is 7.18. The summed E-state index contributed by atoms with van der Waals surface area (Å²) in [6, 6.07) is 0.146. The average molecular weight is 527 g/mol. The minimum absolute atomic E-state index is 0.0600. The molecule has 214 valence electrons. The third-order valence-corrected chi connectivity index (χ3v) is 13.4. The summed E-state index contributed by atoms with van der Waals surface area (Å²) in [6.07, 6.45) is 15.2. The summed E-state index contributed by atoms with van der Waals surface area (Å²) in [7, 11) is 0. The van der Waals surface area contributed by atoms with Gasteiger partial charge in [-0.25, -0.2) is 0 Å². The number of fused-ring (bicyclic) bond motifs is 5. The molecule has 1 saturated heterocycles. The fourth-order valence-corrected chi connectivity index (χ4v) is 11.0. The van der Waals surface area contributed by atoms with E-state index >= 15 is 0 Å². The minimum atomic E-state index is -0.0600. The van der Waals surface area contributed by atoms with Crippen LogP contribution in [0.5, 0.6) is 0 Å². The maximum absolute atomic E-state index is 13.2. The van der Waals surface area contributed by atoms with Gasteiger partial charge in [0, 0.05) is 38.0 Å². The fourth-order valence-electron chi connectivity index (χ4n) is 11.0. The Morgan fingerprint density at radius 1 is 0.921 bits per heavy atom. The van der Waals surface area contributed by atoms with Crippen LogP contribution in [-0.2, 0) is 9.59 Å². The number of hydrogen-bond acceptors (Lipinski definition) is 3. The largest absolute Gasteiger partial charge is 0.393 e. The molecule has 5 saturated carbocycles. The summed E-state index contributed by atoms with van der Waals surface area (Å²) in [5.74, 6) is 5.54. The van der Waals surface area contributed by atoms with Gasteiger partial charge in [-0.15, -0.1) is 0 Å². The highest BCUT2D eigenvalue weighted by atomic mass is 16.3. The molecule has 5 heteroatoms. The Labute approximate surface area is 231 Å². The lowest BCUT2D eigenvalue weighted by atomic mass is 9.44. The summed E-state index contributed by atoms with van der Waals surface area (Å²) < 4.78 is 0. The van der Waals surface area contributed by atoms with E-state index in [2.05, 4.69) is 27.7 Å². The lowest BCUT2D eigenvalue weighted by Crippen LogP contribution is -2.55. The zero-order chi connectivity index (χ0) is 26.8. The van der Waals surface area contributed by atoms with E-state index in [1.54, 1.807) is 0 Å². The third-order valence-electron chi connectivity index (χ3n) is 13.4. The number of carbonyl (C=O) groups is 2. The summed E-state index contributed by atoms with van der Waals surface area (Å²) in [4.78, 5) is 29.9. The van der Waals surface area contributed by atoms with Crippen LogP contribution in [0.4, 0.5) is 0 Å². The third kappa shape index (κ3) is 4.55. The molecule has 10 atom stereocenters. The van der Waals surface area contributed by atoms with Crippen LogP contribution in [0.25, 0.3) is 0 Å². The van der Waals surface area contributed by atoms with E-state index in [0.717, 1.165) is 61.7 Å². The van der Waals surface area contributed by atoms with Crippen LogP contribution in [-0.4, -0.2) is 58.5 Å². The summed E-state index contributed by atoms with van der Waals surface area (Å²) in [6.45, 7) is 11.9. The molecule has 1 unspecified atom stereocenters. The Hall–Kier alpha value is -1.10. The number of hydrogen-bond donors (Lipinski definition) is 1. The molecule has 0 bridgehead atoms. The van der Waals surface area contributed by atoms with Crippen LogP contribution in [0.3, 0.4) is 0 Å². The Morgan fingerprint density at radius 3 is 2.39 bits per heavy atom. The Morgan fingerprint density at radius 2 is 1.66 bits per heavy atom. The standard InChI is InChI=1S/C33H54N2O3/c1-21(5-12-30(37)34-17-18-35(22(2)20-34)31(38)23-6-7-23)27-10-11-28-26-9-8-24-19-25(36)13-15-32(24,3)29(26)14-16-33(27,28)4/h21-29,36H,5-20H2,1-4H3/t21?,22-,24-,25-,26-,27+,28-,29-,32-,33+/m0/s1. The van der Waals surface area contributed by atoms with Gasteiger partial charge < -0.3 is 14.9 Å². The van der Waals surface area contributed by atoms with Crippen molar-refractivity contribution in [1.29, 1.82) is 0 Å². The van der Waals surface area contributed by atoms with E-state index in [9.17, 15) is 14.7 Å². The van der Waals surface area contributed by atoms with Crippen molar-refractivity contribution in [3.05, 3.63) is 0 Å². The van der Waals surface area contributed by atoms with Gasteiger partial charge in [0.15, 0.2) is 0 Å². The highest BCUT2D eigenvalue weighted by molar-refractivity contribution is 5.82. The molecular weight excluding hydrogens is 472 g/mol. The van der Waals surface area contributed by atoms with Crippen molar-refractivity contribution in [2.75, 3.05) is 19.6 Å². The molecule has 0 aromatic heterocycles. The topological polar surface area (TPSA) is 60.9 Å². The predicted octanol–water partition coefficient (Wildman–Crippen LogP) is 5.89. The van der Waals surface area contributed by atoms with Crippen molar-refractivity contribution < 1.29 is 14.7 Å². The molecule has 1 N–H and O–H groups in total. The molecular formula is C33H54N2O3. The molecule has 5 nitrogen and oxygen atoms in total. The molecule has 2 amide bonds. The van der Waals surface area contributed by atoms with Crippen molar-refractivity contribution in [3.63, 3.8) is 0 Å². The first-order valence-corrected chi connectivity index (χ1v) is 16.4. The minimum Gasteiger partial charge on any atom is -0.393 e. The number of rotatable bonds is 5. The zero-order valence-electron chi connectivity index (χ0n) is 24.7. The van der Waals surface area contributed by atoms with Crippen molar-refractivity contribution >= 4 is 11.8 Å². The van der Waals surface area contributed by atoms with E-state index in [0.29, 0.717) is 54.6 Å². The van der Waals surface area contributed by atoms with Gasteiger partial charge in [0.2, 0.25) is 11.8 Å².